The molecule has 1 atom stereocenters. The standard InChI is InChI=1S/C17H21ClN4O2S/c1-13-10-19-17(20-11-13)21(2)15-6-4-8-22(12-15)25(23,24)16-7-3-5-14(18)9-16/h3,5,7,9-11,15H,4,6,8,12H2,1-2H3. The molecule has 6 nitrogen and oxygen atoms in total. The molecular weight excluding hydrogens is 360 g/mol. The van der Waals surface area contributed by atoms with Crippen molar-refractivity contribution in [2.24, 2.45) is 0 Å². The van der Waals surface area contributed by atoms with Crippen molar-refractivity contribution in [2.75, 3.05) is 25.0 Å². The first kappa shape index (κ1) is 18.1. The number of aromatic nitrogens is 2. The van der Waals surface area contributed by atoms with Gasteiger partial charge in [0.2, 0.25) is 16.0 Å². The SMILES string of the molecule is Cc1cnc(N(C)C2CCCN(S(=O)(=O)c3cccc(Cl)c3)C2)nc1. The summed E-state index contributed by atoms with van der Waals surface area (Å²) in [5, 5.41) is 0.416. The predicted octanol–water partition coefficient (Wildman–Crippen LogP) is 2.73. The molecule has 1 fully saturated rings. The van der Waals surface area contributed by atoms with Gasteiger partial charge in [-0.05, 0) is 43.5 Å². The van der Waals surface area contributed by atoms with Crippen molar-refractivity contribution in [3.05, 3.63) is 47.2 Å². The lowest BCUT2D eigenvalue weighted by molar-refractivity contribution is 0.309. The molecule has 8 heteroatoms. The zero-order chi connectivity index (χ0) is 18.0. The monoisotopic (exact) mass is 380 g/mol. The maximum Gasteiger partial charge on any atom is 0.243 e. The Morgan fingerprint density at radius 1 is 1.28 bits per heavy atom. The highest BCUT2D eigenvalue weighted by atomic mass is 35.5. The third-order valence-corrected chi connectivity index (χ3v) is 6.52. The number of hydrogen-bond acceptors (Lipinski definition) is 5. The first-order valence-electron chi connectivity index (χ1n) is 8.15. The number of rotatable bonds is 4. The predicted molar refractivity (Wildman–Crippen MR) is 98.4 cm³/mol. The van der Waals surface area contributed by atoms with E-state index in [1.54, 1.807) is 30.6 Å². The number of anilines is 1. The van der Waals surface area contributed by atoms with Crippen LogP contribution in [0.3, 0.4) is 0 Å². The number of hydrogen-bond donors (Lipinski definition) is 0. The number of nitrogens with zero attached hydrogens (tertiary/aromatic N) is 4. The van der Waals surface area contributed by atoms with Gasteiger partial charge in [-0.1, -0.05) is 17.7 Å². The minimum absolute atomic E-state index is 0.0328. The number of sulfonamides is 1. The molecule has 0 saturated carbocycles. The number of piperidine rings is 1. The van der Waals surface area contributed by atoms with Crippen molar-refractivity contribution >= 4 is 27.6 Å². The van der Waals surface area contributed by atoms with Crippen molar-refractivity contribution in [1.82, 2.24) is 14.3 Å². The summed E-state index contributed by atoms with van der Waals surface area (Å²) >= 11 is 5.95. The Morgan fingerprint density at radius 2 is 2.00 bits per heavy atom. The molecule has 0 radical (unpaired) electrons. The molecule has 0 N–H and O–H groups in total. The van der Waals surface area contributed by atoms with Crippen LogP contribution in [0, 0.1) is 6.92 Å². The molecule has 1 aromatic heterocycles. The van der Waals surface area contributed by atoms with Gasteiger partial charge in [0.15, 0.2) is 0 Å². The first-order valence-corrected chi connectivity index (χ1v) is 9.97. The Labute approximate surface area is 153 Å². The van der Waals surface area contributed by atoms with Gasteiger partial charge in [-0.2, -0.15) is 4.31 Å². The zero-order valence-electron chi connectivity index (χ0n) is 14.3. The van der Waals surface area contributed by atoms with Crippen molar-refractivity contribution in [3.8, 4) is 0 Å². The van der Waals surface area contributed by atoms with E-state index in [1.807, 2.05) is 18.9 Å². The topological polar surface area (TPSA) is 66.4 Å². The van der Waals surface area contributed by atoms with Gasteiger partial charge >= 0.3 is 0 Å². The third kappa shape index (κ3) is 3.94. The summed E-state index contributed by atoms with van der Waals surface area (Å²) in [6, 6.07) is 6.43. The van der Waals surface area contributed by atoms with E-state index in [9.17, 15) is 8.42 Å². The highest BCUT2D eigenvalue weighted by molar-refractivity contribution is 7.89. The average molecular weight is 381 g/mol. The summed E-state index contributed by atoms with van der Waals surface area (Å²) in [5.41, 5.74) is 0.992. The second kappa shape index (κ2) is 7.27. The number of aryl methyl sites for hydroxylation is 1. The molecule has 0 spiro atoms. The van der Waals surface area contributed by atoms with Crippen LogP contribution >= 0.6 is 11.6 Å². The fourth-order valence-electron chi connectivity index (χ4n) is 2.96. The summed E-state index contributed by atoms with van der Waals surface area (Å²) < 4.78 is 27.3. The molecule has 1 aliphatic heterocycles. The van der Waals surface area contributed by atoms with Crippen molar-refractivity contribution < 1.29 is 8.42 Å². The Balaban J connectivity index is 1.79. The molecular formula is C17H21ClN4O2S. The average Bonchev–Trinajstić information content (AvgIpc) is 2.62. The summed E-state index contributed by atoms with van der Waals surface area (Å²) in [6.07, 6.45) is 5.22. The zero-order valence-corrected chi connectivity index (χ0v) is 15.8. The largest absolute Gasteiger partial charge is 0.340 e. The molecule has 1 aliphatic rings. The number of likely N-dealkylation sites (N-methyl/N-ethyl adjacent to an activating group) is 1. The van der Waals surface area contributed by atoms with Gasteiger partial charge in [-0.15, -0.1) is 0 Å². The minimum atomic E-state index is -3.56. The van der Waals surface area contributed by atoms with Crippen LogP contribution < -0.4 is 4.90 Å². The van der Waals surface area contributed by atoms with Gasteiger partial charge in [0.1, 0.15) is 0 Å². The van der Waals surface area contributed by atoms with Crippen molar-refractivity contribution in [1.29, 1.82) is 0 Å². The van der Waals surface area contributed by atoms with Gasteiger partial charge in [0.25, 0.3) is 0 Å². The van der Waals surface area contributed by atoms with E-state index in [2.05, 4.69) is 9.97 Å². The minimum Gasteiger partial charge on any atom is -0.340 e. The Kier molecular flexibility index (Phi) is 5.27. The van der Waals surface area contributed by atoms with E-state index in [0.717, 1.165) is 18.4 Å². The summed E-state index contributed by atoms with van der Waals surface area (Å²) in [7, 11) is -1.65. The van der Waals surface area contributed by atoms with Crippen LogP contribution in [0.5, 0.6) is 0 Å². The van der Waals surface area contributed by atoms with Crippen molar-refractivity contribution in [2.45, 2.75) is 30.7 Å². The molecule has 3 rings (SSSR count). The van der Waals surface area contributed by atoms with Gasteiger partial charge in [-0.25, -0.2) is 18.4 Å². The number of halogens is 1. The van der Waals surface area contributed by atoms with Gasteiger partial charge in [0, 0.05) is 43.6 Å². The molecule has 1 aromatic carbocycles. The van der Waals surface area contributed by atoms with Crippen LogP contribution in [0.15, 0.2) is 41.6 Å². The fraction of sp³-hybridized carbons (Fsp3) is 0.412. The second-order valence-corrected chi connectivity index (χ2v) is 8.66. The van der Waals surface area contributed by atoms with E-state index in [-0.39, 0.29) is 10.9 Å². The van der Waals surface area contributed by atoms with E-state index in [4.69, 9.17) is 11.6 Å². The summed E-state index contributed by atoms with van der Waals surface area (Å²) in [6.45, 7) is 2.85. The Bertz CT molecular complexity index is 842. The molecule has 2 aromatic rings. The lowest BCUT2D eigenvalue weighted by atomic mass is 10.1. The van der Waals surface area contributed by atoms with Crippen LogP contribution in [-0.4, -0.2) is 48.9 Å². The molecule has 25 heavy (non-hydrogen) atoms. The lowest BCUT2D eigenvalue weighted by Crippen LogP contribution is -2.49. The second-order valence-electron chi connectivity index (χ2n) is 6.29. The normalized spacial score (nSPS) is 18.9. The fourth-order valence-corrected chi connectivity index (χ4v) is 4.78. The van der Waals surface area contributed by atoms with Crippen LogP contribution in [-0.2, 0) is 10.0 Å². The number of benzene rings is 1. The van der Waals surface area contributed by atoms with Crippen LogP contribution in [0.25, 0.3) is 0 Å². The lowest BCUT2D eigenvalue weighted by Gasteiger charge is -2.36. The van der Waals surface area contributed by atoms with E-state index in [1.165, 1.54) is 10.4 Å². The smallest absolute Gasteiger partial charge is 0.243 e. The van der Waals surface area contributed by atoms with Gasteiger partial charge in [-0.3, -0.25) is 0 Å². The van der Waals surface area contributed by atoms with Crippen LogP contribution in [0.4, 0.5) is 5.95 Å². The molecule has 1 unspecified atom stereocenters. The maximum atomic E-state index is 12.9. The molecule has 0 aliphatic carbocycles. The molecule has 0 bridgehead atoms. The van der Waals surface area contributed by atoms with Crippen LogP contribution in [0.2, 0.25) is 5.02 Å². The van der Waals surface area contributed by atoms with E-state index in [0.29, 0.717) is 24.1 Å². The van der Waals surface area contributed by atoms with Crippen LogP contribution in [0.1, 0.15) is 18.4 Å². The third-order valence-electron chi connectivity index (χ3n) is 4.42. The quantitative estimate of drug-likeness (QED) is 0.815. The summed E-state index contributed by atoms with van der Waals surface area (Å²) in [5.74, 6) is 0.609. The summed E-state index contributed by atoms with van der Waals surface area (Å²) in [4.78, 5) is 10.9. The van der Waals surface area contributed by atoms with E-state index < -0.39 is 10.0 Å². The first-order chi connectivity index (χ1) is 11.9. The van der Waals surface area contributed by atoms with Gasteiger partial charge < -0.3 is 4.90 Å². The molecule has 2 heterocycles. The maximum absolute atomic E-state index is 12.9. The molecule has 0 amide bonds. The van der Waals surface area contributed by atoms with Gasteiger partial charge in [0.05, 0.1) is 4.90 Å². The molecule has 1 saturated heterocycles. The molecule has 134 valence electrons. The Morgan fingerprint density at radius 3 is 2.68 bits per heavy atom. The highest BCUT2D eigenvalue weighted by Crippen LogP contribution is 2.25. The van der Waals surface area contributed by atoms with E-state index >= 15 is 0 Å². The highest BCUT2D eigenvalue weighted by Gasteiger charge is 2.32. The van der Waals surface area contributed by atoms with Crippen molar-refractivity contribution in [3.63, 3.8) is 0 Å². The Hall–Kier alpha value is -1.70.